The van der Waals surface area contributed by atoms with Crippen LogP contribution in [0.1, 0.15) is 37.9 Å². The van der Waals surface area contributed by atoms with E-state index in [1.165, 1.54) is 0 Å². The number of nitrogens with zero attached hydrogens (tertiary/aromatic N) is 3. The fourth-order valence-corrected chi connectivity index (χ4v) is 5.92. The van der Waals surface area contributed by atoms with Crippen LogP contribution in [0, 0.1) is 5.92 Å². The van der Waals surface area contributed by atoms with Crippen LogP contribution < -0.4 is 4.72 Å². The first-order chi connectivity index (χ1) is 15.7. The van der Waals surface area contributed by atoms with Gasteiger partial charge >= 0.3 is 0 Å². The minimum absolute atomic E-state index is 0.0777. The van der Waals surface area contributed by atoms with E-state index in [1.54, 1.807) is 24.3 Å². The number of amides is 1. The van der Waals surface area contributed by atoms with Crippen molar-refractivity contribution in [1.82, 2.24) is 14.5 Å². The van der Waals surface area contributed by atoms with Gasteiger partial charge in [0.05, 0.1) is 4.90 Å². The van der Waals surface area contributed by atoms with Gasteiger partial charge in [-0.2, -0.15) is 0 Å². The maximum Gasteiger partial charge on any atom is 0.263 e. The molecular weight excluding hydrogens is 460 g/mol. The van der Waals surface area contributed by atoms with Crippen LogP contribution in [0.25, 0.3) is 0 Å². The van der Waals surface area contributed by atoms with E-state index in [9.17, 15) is 13.2 Å². The SMILES string of the molecule is CC(C)[C@H](N=C1NS(=O)(=O)c2ccccc21)C(=O)N1CCN(C(C)c2ccccc2Cl)CC1. The Balaban J connectivity index is 1.48. The number of piperazine rings is 1. The number of benzene rings is 2. The van der Waals surface area contributed by atoms with E-state index in [0.717, 1.165) is 23.7 Å². The van der Waals surface area contributed by atoms with E-state index in [2.05, 4.69) is 21.5 Å². The van der Waals surface area contributed by atoms with Crippen LogP contribution in [0.15, 0.2) is 58.4 Å². The summed E-state index contributed by atoms with van der Waals surface area (Å²) in [5.41, 5.74) is 1.59. The van der Waals surface area contributed by atoms with Crippen molar-refractivity contribution in [2.45, 2.75) is 37.8 Å². The highest BCUT2D eigenvalue weighted by Gasteiger charge is 2.35. The number of sulfonamides is 1. The number of carbonyl (C=O) groups excluding carboxylic acids is 1. The molecule has 1 amide bonds. The van der Waals surface area contributed by atoms with Gasteiger partial charge in [-0.3, -0.25) is 19.4 Å². The van der Waals surface area contributed by atoms with Crippen molar-refractivity contribution >= 4 is 33.4 Å². The number of rotatable bonds is 5. The maximum atomic E-state index is 13.4. The van der Waals surface area contributed by atoms with Crippen LogP contribution >= 0.6 is 11.6 Å². The number of amidine groups is 1. The third-order valence-electron chi connectivity index (χ3n) is 6.34. The van der Waals surface area contributed by atoms with Crippen LogP contribution in [0.4, 0.5) is 0 Å². The zero-order valence-corrected chi connectivity index (χ0v) is 20.6. The lowest BCUT2D eigenvalue weighted by atomic mass is 10.0. The number of hydrogen-bond donors (Lipinski definition) is 1. The molecule has 2 heterocycles. The Morgan fingerprint density at radius 1 is 1.00 bits per heavy atom. The molecule has 0 saturated carbocycles. The fourth-order valence-electron chi connectivity index (χ4n) is 4.39. The van der Waals surface area contributed by atoms with Gasteiger partial charge in [-0.05, 0) is 36.6 Å². The Morgan fingerprint density at radius 3 is 2.30 bits per heavy atom. The summed E-state index contributed by atoms with van der Waals surface area (Å²) >= 11 is 6.38. The topological polar surface area (TPSA) is 82.1 Å². The molecule has 9 heteroatoms. The molecule has 0 aromatic heterocycles. The molecule has 1 N–H and O–H groups in total. The average Bonchev–Trinajstić information content (AvgIpc) is 3.07. The predicted molar refractivity (Wildman–Crippen MR) is 130 cm³/mol. The minimum atomic E-state index is -3.65. The summed E-state index contributed by atoms with van der Waals surface area (Å²) in [5.74, 6) is 0.0806. The third-order valence-corrected chi connectivity index (χ3v) is 8.09. The van der Waals surface area contributed by atoms with Gasteiger partial charge in [0.2, 0.25) is 5.91 Å². The van der Waals surface area contributed by atoms with Gasteiger partial charge in [0, 0.05) is 42.8 Å². The number of nitrogens with one attached hydrogen (secondary N) is 1. The zero-order valence-electron chi connectivity index (χ0n) is 19.0. The van der Waals surface area contributed by atoms with Crippen molar-refractivity contribution in [3.05, 3.63) is 64.7 Å². The van der Waals surface area contributed by atoms with Crippen LogP contribution in [-0.2, 0) is 14.8 Å². The Bertz CT molecular complexity index is 1170. The van der Waals surface area contributed by atoms with Crippen molar-refractivity contribution < 1.29 is 13.2 Å². The van der Waals surface area contributed by atoms with E-state index in [0.29, 0.717) is 18.7 Å². The summed E-state index contributed by atoms with van der Waals surface area (Å²) in [7, 11) is -3.65. The summed E-state index contributed by atoms with van der Waals surface area (Å²) in [6, 6.07) is 14.0. The first kappa shape index (κ1) is 23.7. The second kappa shape index (κ2) is 9.44. The molecule has 1 fully saturated rings. The highest BCUT2D eigenvalue weighted by Crippen LogP contribution is 2.28. The number of halogens is 1. The summed E-state index contributed by atoms with van der Waals surface area (Å²) in [6.45, 7) is 8.62. The summed E-state index contributed by atoms with van der Waals surface area (Å²) in [5, 5.41) is 0.749. The Hall–Kier alpha value is -2.42. The lowest BCUT2D eigenvalue weighted by Crippen LogP contribution is -2.52. The van der Waals surface area contributed by atoms with Crippen LogP contribution in [0.2, 0.25) is 5.02 Å². The Kier molecular flexibility index (Phi) is 6.79. The molecule has 176 valence electrons. The monoisotopic (exact) mass is 488 g/mol. The third kappa shape index (κ3) is 4.78. The summed E-state index contributed by atoms with van der Waals surface area (Å²) in [4.78, 5) is 22.4. The van der Waals surface area contributed by atoms with Gasteiger partial charge in [0.25, 0.3) is 10.0 Å². The van der Waals surface area contributed by atoms with Gasteiger partial charge in [0.1, 0.15) is 11.9 Å². The molecule has 2 aromatic rings. The van der Waals surface area contributed by atoms with Crippen LogP contribution in [0.3, 0.4) is 0 Å². The number of fused-ring (bicyclic) bond motifs is 1. The smallest absolute Gasteiger partial charge is 0.263 e. The molecule has 0 spiro atoms. The molecule has 0 radical (unpaired) electrons. The quantitative estimate of drug-likeness (QED) is 0.700. The summed E-state index contributed by atoms with van der Waals surface area (Å²) in [6.07, 6.45) is 0. The second-order valence-corrected chi connectivity index (χ2v) is 10.9. The molecule has 2 aliphatic heterocycles. The molecule has 2 atom stereocenters. The minimum Gasteiger partial charge on any atom is -0.338 e. The summed E-state index contributed by atoms with van der Waals surface area (Å²) < 4.78 is 27.4. The number of hydrogen-bond acceptors (Lipinski definition) is 5. The number of carbonyl (C=O) groups is 1. The molecule has 4 rings (SSSR count). The Labute approximate surface area is 200 Å². The van der Waals surface area contributed by atoms with Crippen molar-refractivity contribution in [2.24, 2.45) is 10.9 Å². The molecule has 2 aliphatic rings. The standard InChI is InChI=1S/C24H29ClN4O3S/c1-16(2)22(26-23-19-9-5-7-11-21(19)33(31,32)27-23)24(30)29-14-12-28(13-15-29)17(3)18-8-4-6-10-20(18)25/h4-11,16-17,22H,12-15H2,1-3H3,(H,26,27)/t17?,22-/m0/s1. The molecule has 33 heavy (non-hydrogen) atoms. The van der Waals surface area contributed by atoms with E-state index >= 15 is 0 Å². The highest BCUT2D eigenvalue weighted by molar-refractivity contribution is 7.90. The average molecular weight is 489 g/mol. The highest BCUT2D eigenvalue weighted by atomic mass is 35.5. The lowest BCUT2D eigenvalue weighted by molar-refractivity contribution is -0.135. The lowest BCUT2D eigenvalue weighted by Gasteiger charge is -2.39. The molecule has 2 aromatic carbocycles. The van der Waals surface area contributed by atoms with Crippen molar-refractivity contribution in [3.8, 4) is 0 Å². The van der Waals surface area contributed by atoms with Crippen LogP contribution in [-0.4, -0.2) is 62.2 Å². The van der Waals surface area contributed by atoms with Gasteiger partial charge < -0.3 is 4.90 Å². The van der Waals surface area contributed by atoms with Gasteiger partial charge in [-0.15, -0.1) is 0 Å². The molecular formula is C24H29ClN4O3S. The van der Waals surface area contributed by atoms with Crippen molar-refractivity contribution in [3.63, 3.8) is 0 Å². The van der Waals surface area contributed by atoms with E-state index < -0.39 is 16.1 Å². The fraction of sp³-hybridized carbons (Fsp3) is 0.417. The first-order valence-electron chi connectivity index (χ1n) is 11.2. The van der Waals surface area contributed by atoms with E-state index in [4.69, 9.17) is 11.6 Å². The second-order valence-electron chi connectivity index (χ2n) is 8.83. The first-order valence-corrected chi connectivity index (χ1v) is 13.0. The largest absolute Gasteiger partial charge is 0.338 e. The zero-order chi connectivity index (χ0) is 23.8. The molecule has 1 saturated heterocycles. The van der Waals surface area contributed by atoms with Crippen molar-refractivity contribution in [1.29, 1.82) is 0 Å². The van der Waals surface area contributed by atoms with E-state index in [-0.39, 0.29) is 28.6 Å². The molecule has 0 aliphatic carbocycles. The van der Waals surface area contributed by atoms with Gasteiger partial charge in [-0.1, -0.05) is 55.8 Å². The normalized spacial score (nSPS) is 21.0. The molecule has 1 unspecified atom stereocenters. The van der Waals surface area contributed by atoms with E-state index in [1.807, 2.05) is 43.0 Å². The van der Waals surface area contributed by atoms with Gasteiger partial charge in [-0.25, -0.2) is 8.42 Å². The van der Waals surface area contributed by atoms with Gasteiger partial charge in [0.15, 0.2) is 0 Å². The van der Waals surface area contributed by atoms with Crippen molar-refractivity contribution in [2.75, 3.05) is 26.2 Å². The molecule has 0 bridgehead atoms. The predicted octanol–water partition coefficient (Wildman–Crippen LogP) is 3.31. The number of aliphatic imine (C=N–C) groups is 1. The molecule has 7 nitrogen and oxygen atoms in total. The van der Waals surface area contributed by atoms with Crippen LogP contribution in [0.5, 0.6) is 0 Å². The Morgan fingerprint density at radius 2 is 1.64 bits per heavy atom. The maximum absolute atomic E-state index is 13.4.